The number of carbonyl (C=O) groups excluding carboxylic acids is 1. The number of para-hydroxylation sites is 1. The zero-order chi connectivity index (χ0) is 20.5. The molecule has 0 aliphatic carbocycles. The molecule has 0 fully saturated rings. The van der Waals surface area contributed by atoms with Crippen molar-refractivity contribution in [2.24, 2.45) is 0 Å². The Labute approximate surface area is 157 Å². The SMILES string of the molecule is CC(OC(=O)c1ccc(Cc2c(O)c3ccccc3oc2=O)cc1)C(F)(F)F. The van der Waals surface area contributed by atoms with E-state index in [2.05, 4.69) is 4.74 Å². The highest BCUT2D eigenvalue weighted by molar-refractivity contribution is 5.89. The Morgan fingerprint density at radius 3 is 2.43 bits per heavy atom. The zero-order valence-corrected chi connectivity index (χ0v) is 14.6. The van der Waals surface area contributed by atoms with Crippen LogP contribution in [0.3, 0.4) is 0 Å². The first-order valence-electron chi connectivity index (χ1n) is 8.27. The number of hydrogen-bond donors (Lipinski definition) is 1. The Morgan fingerprint density at radius 1 is 1.14 bits per heavy atom. The summed E-state index contributed by atoms with van der Waals surface area (Å²) in [6.45, 7) is 0.744. The van der Waals surface area contributed by atoms with Crippen molar-refractivity contribution in [1.29, 1.82) is 0 Å². The molecule has 0 saturated carbocycles. The Balaban J connectivity index is 1.81. The van der Waals surface area contributed by atoms with Gasteiger partial charge >= 0.3 is 17.8 Å². The lowest BCUT2D eigenvalue weighted by Gasteiger charge is -2.16. The van der Waals surface area contributed by atoms with Gasteiger partial charge in [-0.1, -0.05) is 24.3 Å². The summed E-state index contributed by atoms with van der Waals surface area (Å²) in [6, 6.07) is 12.0. The highest BCUT2D eigenvalue weighted by Crippen LogP contribution is 2.28. The summed E-state index contributed by atoms with van der Waals surface area (Å²) in [4.78, 5) is 23.9. The van der Waals surface area contributed by atoms with Gasteiger partial charge in [0.05, 0.1) is 16.5 Å². The van der Waals surface area contributed by atoms with Crippen LogP contribution in [0.25, 0.3) is 11.0 Å². The van der Waals surface area contributed by atoms with Crippen LogP contribution >= 0.6 is 0 Å². The largest absolute Gasteiger partial charge is 0.507 e. The molecule has 1 heterocycles. The molecule has 2 aromatic carbocycles. The number of ether oxygens (including phenoxy) is 1. The topological polar surface area (TPSA) is 76.7 Å². The molecule has 0 saturated heterocycles. The summed E-state index contributed by atoms with van der Waals surface area (Å²) in [5, 5.41) is 10.8. The van der Waals surface area contributed by atoms with Crippen LogP contribution in [0.5, 0.6) is 5.75 Å². The molecule has 1 unspecified atom stereocenters. The number of alkyl halides is 3. The molecule has 28 heavy (non-hydrogen) atoms. The highest BCUT2D eigenvalue weighted by Gasteiger charge is 2.39. The molecule has 1 N–H and O–H groups in total. The van der Waals surface area contributed by atoms with Gasteiger partial charge in [-0.05, 0) is 36.8 Å². The molecular weight excluding hydrogens is 377 g/mol. The van der Waals surface area contributed by atoms with Crippen LogP contribution in [0.2, 0.25) is 0 Å². The second-order valence-corrected chi connectivity index (χ2v) is 6.18. The van der Waals surface area contributed by atoms with Crippen molar-refractivity contribution in [2.75, 3.05) is 0 Å². The number of carbonyl (C=O) groups is 1. The van der Waals surface area contributed by atoms with Crippen LogP contribution in [0, 0.1) is 0 Å². The molecule has 0 spiro atoms. The van der Waals surface area contributed by atoms with Gasteiger partial charge in [0.25, 0.3) is 0 Å². The van der Waals surface area contributed by atoms with Crippen molar-refractivity contribution >= 4 is 16.9 Å². The van der Waals surface area contributed by atoms with Gasteiger partial charge in [0, 0.05) is 6.42 Å². The number of esters is 1. The molecule has 3 aromatic rings. The van der Waals surface area contributed by atoms with E-state index in [0.717, 1.165) is 6.92 Å². The predicted octanol–water partition coefficient (Wildman–Crippen LogP) is 4.20. The molecule has 0 radical (unpaired) electrons. The van der Waals surface area contributed by atoms with Crippen LogP contribution < -0.4 is 5.63 Å². The lowest BCUT2D eigenvalue weighted by molar-refractivity contribution is -0.198. The lowest BCUT2D eigenvalue weighted by atomic mass is 10.0. The normalized spacial score (nSPS) is 12.7. The maximum atomic E-state index is 12.5. The molecule has 1 atom stereocenters. The number of aromatic hydroxyl groups is 1. The standard InChI is InChI=1S/C20H15F3O5/c1-11(20(21,22)23)27-18(25)13-8-6-12(7-9-13)10-15-17(24)14-4-2-3-5-16(14)28-19(15)26/h2-9,11,24H,10H2,1H3. The molecule has 0 amide bonds. The second kappa shape index (κ2) is 7.38. The first kappa shape index (κ1) is 19.5. The molecule has 3 rings (SSSR count). The number of rotatable bonds is 4. The summed E-state index contributed by atoms with van der Waals surface area (Å²) >= 11 is 0. The Morgan fingerprint density at radius 2 is 1.79 bits per heavy atom. The van der Waals surface area contributed by atoms with Gasteiger partial charge in [-0.15, -0.1) is 0 Å². The van der Waals surface area contributed by atoms with Gasteiger partial charge < -0.3 is 14.3 Å². The fraction of sp³-hybridized carbons (Fsp3) is 0.200. The summed E-state index contributed by atoms with van der Waals surface area (Å²) in [6.07, 6.45) is -6.84. The third-order valence-electron chi connectivity index (χ3n) is 4.19. The Bertz CT molecular complexity index is 1070. The van der Waals surface area contributed by atoms with Gasteiger partial charge in [0.15, 0.2) is 6.10 Å². The van der Waals surface area contributed by atoms with E-state index >= 15 is 0 Å². The zero-order valence-electron chi connectivity index (χ0n) is 14.6. The van der Waals surface area contributed by atoms with E-state index in [0.29, 0.717) is 10.9 Å². The highest BCUT2D eigenvalue weighted by atomic mass is 19.4. The Kier molecular flexibility index (Phi) is 5.13. The summed E-state index contributed by atoms with van der Waals surface area (Å²) in [5.74, 6) is -1.31. The van der Waals surface area contributed by atoms with Gasteiger partial charge in [0.1, 0.15) is 11.3 Å². The van der Waals surface area contributed by atoms with Gasteiger partial charge in [-0.3, -0.25) is 0 Å². The Hall–Kier alpha value is -3.29. The third kappa shape index (κ3) is 4.00. The minimum atomic E-state index is -4.64. The maximum Gasteiger partial charge on any atom is 0.425 e. The van der Waals surface area contributed by atoms with Crippen LogP contribution in [-0.2, 0) is 11.2 Å². The first-order chi connectivity index (χ1) is 13.2. The van der Waals surface area contributed by atoms with Crippen molar-refractivity contribution in [3.63, 3.8) is 0 Å². The lowest BCUT2D eigenvalue weighted by Crippen LogP contribution is -2.30. The number of benzene rings is 2. The first-order valence-corrected chi connectivity index (χ1v) is 8.27. The van der Waals surface area contributed by atoms with E-state index in [1.54, 1.807) is 24.3 Å². The third-order valence-corrected chi connectivity index (χ3v) is 4.19. The fourth-order valence-corrected chi connectivity index (χ4v) is 2.59. The van der Waals surface area contributed by atoms with Crippen molar-refractivity contribution in [2.45, 2.75) is 25.6 Å². The summed E-state index contributed by atoms with van der Waals surface area (Å²) in [5.41, 5.74) is 0.0944. The second-order valence-electron chi connectivity index (χ2n) is 6.18. The van der Waals surface area contributed by atoms with Crippen molar-refractivity contribution in [3.8, 4) is 5.75 Å². The van der Waals surface area contributed by atoms with Crippen LogP contribution in [0.4, 0.5) is 13.2 Å². The van der Waals surface area contributed by atoms with Crippen molar-refractivity contribution in [3.05, 3.63) is 75.6 Å². The average Bonchev–Trinajstić information content (AvgIpc) is 2.64. The molecule has 5 nitrogen and oxygen atoms in total. The smallest absolute Gasteiger partial charge is 0.425 e. The van der Waals surface area contributed by atoms with Gasteiger partial charge in [0.2, 0.25) is 0 Å². The predicted molar refractivity (Wildman–Crippen MR) is 94.3 cm³/mol. The van der Waals surface area contributed by atoms with E-state index < -0.39 is 23.9 Å². The van der Waals surface area contributed by atoms with E-state index in [9.17, 15) is 27.9 Å². The molecule has 1 aromatic heterocycles. The van der Waals surface area contributed by atoms with E-state index in [-0.39, 0.29) is 28.9 Å². The quantitative estimate of drug-likeness (QED) is 0.532. The minimum Gasteiger partial charge on any atom is -0.507 e. The maximum absolute atomic E-state index is 12.5. The summed E-state index contributed by atoms with van der Waals surface area (Å²) in [7, 11) is 0. The number of halogens is 3. The molecule has 0 aliphatic rings. The van der Waals surface area contributed by atoms with Crippen LogP contribution in [-0.4, -0.2) is 23.4 Å². The summed E-state index contributed by atoms with van der Waals surface area (Å²) < 4.78 is 47.0. The monoisotopic (exact) mass is 392 g/mol. The van der Waals surface area contributed by atoms with Crippen LogP contribution in [0.15, 0.2) is 57.7 Å². The molecule has 0 aliphatic heterocycles. The number of hydrogen-bond acceptors (Lipinski definition) is 5. The van der Waals surface area contributed by atoms with E-state index in [1.807, 2.05) is 0 Å². The minimum absolute atomic E-state index is 0.0211. The van der Waals surface area contributed by atoms with Crippen LogP contribution in [0.1, 0.15) is 28.4 Å². The molecule has 146 valence electrons. The van der Waals surface area contributed by atoms with Gasteiger partial charge in [-0.25, -0.2) is 9.59 Å². The molecule has 0 bridgehead atoms. The average molecular weight is 392 g/mol. The number of fused-ring (bicyclic) bond motifs is 1. The van der Waals surface area contributed by atoms with E-state index in [1.165, 1.54) is 24.3 Å². The molecular formula is C20H15F3O5. The molecule has 8 heteroatoms. The fourth-order valence-electron chi connectivity index (χ4n) is 2.59. The van der Waals surface area contributed by atoms with Crippen molar-refractivity contribution < 1.29 is 32.2 Å². The van der Waals surface area contributed by atoms with Crippen molar-refractivity contribution in [1.82, 2.24) is 0 Å². The van der Waals surface area contributed by atoms with Gasteiger partial charge in [-0.2, -0.15) is 13.2 Å². The van der Waals surface area contributed by atoms with E-state index in [4.69, 9.17) is 4.42 Å².